The Morgan fingerprint density at radius 1 is 1.17 bits per heavy atom. The van der Waals surface area contributed by atoms with Gasteiger partial charge in [-0.3, -0.25) is 0 Å². The lowest BCUT2D eigenvalue weighted by Crippen LogP contribution is -2.03. The van der Waals surface area contributed by atoms with Crippen LogP contribution in [0.1, 0.15) is 76.5 Å². The molecule has 0 saturated heterocycles. The number of nitrogens with zero attached hydrogens (tertiary/aromatic N) is 2. The van der Waals surface area contributed by atoms with Crippen LogP contribution >= 0.6 is 0 Å². The summed E-state index contributed by atoms with van der Waals surface area (Å²) >= 11 is 0. The number of carboxylic acid groups (broad SMARTS) is 1. The number of allylic oxidation sites excluding steroid dienone is 1. The number of hydrogen-bond acceptors (Lipinski definition) is 3. The maximum absolute atomic E-state index is 10.8. The molecule has 2 aromatic rings. The molecule has 2 bridgehead atoms. The molecule has 1 heterocycles. The van der Waals surface area contributed by atoms with E-state index in [0.717, 1.165) is 23.0 Å². The lowest BCUT2D eigenvalue weighted by Gasteiger charge is -2.18. The third-order valence-electron chi connectivity index (χ3n) is 5.41. The van der Waals surface area contributed by atoms with Gasteiger partial charge >= 0.3 is 5.97 Å². The molecule has 2 atom stereocenters. The maximum Gasteiger partial charge on any atom is 0.373 e. The Labute approximate surface area is 141 Å². The molecule has 122 valence electrons. The largest absolute Gasteiger partial charge is 0.475 e. The third kappa shape index (κ3) is 2.42. The zero-order chi connectivity index (χ0) is 16.8. The molecular formula is C20H20N2O2. The molecule has 2 aliphatic carbocycles. The number of hydrogen-bond donors (Lipinski definition) is 1. The molecule has 2 unspecified atom stereocenters. The van der Waals surface area contributed by atoms with Gasteiger partial charge in [0.1, 0.15) is 0 Å². The molecular weight excluding hydrogens is 300 g/mol. The van der Waals surface area contributed by atoms with Crippen LogP contribution in [0.3, 0.4) is 0 Å². The van der Waals surface area contributed by atoms with Crippen LogP contribution in [0.2, 0.25) is 0 Å². The van der Waals surface area contributed by atoms with Gasteiger partial charge in [-0.05, 0) is 78.8 Å². The zero-order valence-electron chi connectivity index (χ0n) is 13.9. The zero-order valence-corrected chi connectivity index (χ0v) is 13.9. The number of fused-ring (bicyclic) bond motifs is 5. The van der Waals surface area contributed by atoms with E-state index in [1.54, 1.807) is 18.0 Å². The van der Waals surface area contributed by atoms with E-state index in [9.17, 15) is 4.79 Å². The number of rotatable bonds is 3. The number of carboxylic acids is 1. The van der Waals surface area contributed by atoms with Gasteiger partial charge in [-0.25, -0.2) is 14.8 Å². The second-order valence-corrected chi connectivity index (χ2v) is 6.98. The van der Waals surface area contributed by atoms with Crippen molar-refractivity contribution in [2.45, 2.75) is 44.9 Å². The van der Waals surface area contributed by atoms with Crippen molar-refractivity contribution in [1.82, 2.24) is 9.97 Å². The molecule has 0 amide bonds. The molecule has 24 heavy (non-hydrogen) atoms. The standard InChI is InChI=1S/C20H20N2O2/c1-11(5-13-9-21-19(20(23)24)22-10-13)16-8-18-15-4-3-14(7-15)17(18)6-12(16)2/h5-6,8-10,14-15H,3-4,7H2,1-2H3,(H,23,24)/b11-5+. The number of carbonyl (C=O) groups is 1. The molecule has 0 radical (unpaired) electrons. The highest BCUT2D eigenvalue weighted by Crippen LogP contribution is 2.53. The van der Waals surface area contributed by atoms with E-state index in [1.165, 1.54) is 36.0 Å². The minimum atomic E-state index is -1.10. The van der Waals surface area contributed by atoms with Gasteiger partial charge in [0.05, 0.1) is 0 Å². The topological polar surface area (TPSA) is 63.1 Å². The monoisotopic (exact) mass is 320 g/mol. The number of aromatic nitrogens is 2. The van der Waals surface area contributed by atoms with Crippen molar-refractivity contribution in [3.8, 4) is 0 Å². The van der Waals surface area contributed by atoms with Crippen molar-refractivity contribution >= 4 is 17.6 Å². The fourth-order valence-corrected chi connectivity index (χ4v) is 4.28. The van der Waals surface area contributed by atoms with Crippen LogP contribution in [-0.2, 0) is 0 Å². The predicted molar refractivity (Wildman–Crippen MR) is 93.0 cm³/mol. The van der Waals surface area contributed by atoms with Crippen molar-refractivity contribution in [1.29, 1.82) is 0 Å². The molecule has 4 nitrogen and oxygen atoms in total. The molecule has 0 spiro atoms. The fourth-order valence-electron chi connectivity index (χ4n) is 4.28. The molecule has 0 aliphatic heterocycles. The fraction of sp³-hybridized carbons (Fsp3) is 0.350. The molecule has 1 N–H and O–H groups in total. The van der Waals surface area contributed by atoms with E-state index in [1.807, 2.05) is 6.08 Å². The second kappa shape index (κ2) is 5.55. The highest BCUT2D eigenvalue weighted by Gasteiger charge is 2.37. The molecule has 1 fully saturated rings. The molecule has 1 aromatic heterocycles. The average molecular weight is 320 g/mol. The van der Waals surface area contributed by atoms with Crippen molar-refractivity contribution in [3.63, 3.8) is 0 Å². The molecule has 1 saturated carbocycles. The number of benzene rings is 1. The number of aryl methyl sites for hydroxylation is 1. The van der Waals surface area contributed by atoms with Gasteiger partial charge in [0, 0.05) is 18.0 Å². The Hall–Kier alpha value is -2.49. The number of aromatic carboxylic acids is 1. The highest BCUT2D eigenvalue weighted by molar-refractivity contribution is 5.84. The van der Waals surface area contributed by atoms with Gasteiger partial charge in [-0.1, -0.05) is 12.1 Å². The summed E-state index contributed by atoms with van der Waals surface area (Å²) in [6.45, 7) is 4.26. The third-order valence-corrected chi connectivity index (χ3v) is 5.41. The summed E-state index contributed by atoms with van der Waals surface area (Å²) in [5, 5.41) is 8.87. The minimum absolute atomic E-state index is 0.172. The molecule has 2 aliphatic rings. The first-order valence-electron chi connectivity index (χ1n) is 8.41. The van der Waals surface area contributed by atoms with Crippen LogP contribution in [0.25, 0.3) is 11.6 Å². The van der Waals surface area contributed by atoms with Crippen LogP contribution in [0, 0.1) is 6.92 Å². The van der Waals surface area contributed by atoms with E-state index < -0.39 is 5.97 Å². The van der Waals surface area contributed by atoms with Crippen LogP contribution in [0.5, 0.6) is 0 Å². The van der Waals surface area contributed by atoms with Crippen molar-refractivity contribution in [3.05, 3.63) is 58.2 Å². The Morgan fingerprint density at radius 3 is 2.42 bits per heavy atom. The van der Waals surface area contributed by atoms with E-state index >= 15 is 0 Å². The Morgan fingerprint density at radius 2 is 1.79 bits per heavy atom. The van der Waals surface area contributed by atoms with Crippen LogP contribution in [0.4, 0.5) is 0 Å². The Balaban J connectivity index is 1.68. The van der Waals surface area contributed by atoms with Gasteiger partial charge in [0.2, 0.25) is 5.82 Å². The van der Waals surface area contributed by atoms with Gasteiger partial charge < -0.3 is 5.11 Å². The Kier molecular flexibility index (Phi) is 3.48. The summed E-state index contributed by atoms with van der Waals surface area (Å²) in [6.07, 6.45) is 9.14. The molecule has 4 heteroatoms. The maximum atomic E-state index is 10.8. The minimum Gasteiger partial charge on any atom is -0.475 e. The second-order valence-electron chi connectivity index (χ2n) is 6.98. The SMILES string of the molecule is C/C(=C\c1cnc(C(=O)O)nc1)c1cc2c(cc1C)C1CCC2C1. The van der Waals surface area contributed by atoms with E-state index in [0.29, 0.717) is 0 Å². The first kappa shape index (κ1) is 15.1. The highest BCUT2D eigenvalue weighted by atomic mass is 16.4. The summed E-state index contributed by atoms with van der Waals surface area (Å²) in [6, 6.07) is 4.74. The predicted octanol–water partition coefficient (Wildman–Crippen LogP) is 4.41. The van der Waals surface area contributed by atoms with E-state index in [2.05, 4.69) is 35.9 Å². The van der Waals surface area contributed by atoms with E-state index in [-0.39, 0.29) is 5.82 Å². The average Bonchev–Trinajstić information content (AvgIpc) is 3.16. The first-order chi connectivity index (χ1) is 11.5. The van der Waals surface area contributed by atoms with Gasteiger partial charge in [-0.15, -0.1) is 0 Å². The summed E-state index contributed by atoms with van der Waals surface area (Å²) in [5.74, 6) is 0.246. The van der Waals surface area contributed by atoms with Gasteiger partial charge in [0.15, 0.2) is 0 Å². The van der Waals surface area contributed by atoms with Crippen LogP contribution < -0.4 is 0 Å². The van der Waals surface area contributed by atoms with Crippen molar-refractivity contribution in [2.75, 3.05) is 0 Å². The van der Waals surface area contributed by atoms with Crippen molar-refractivity contribution in [2.24, 2.45) is 0 Å². The van der Waals surface area contributed by atoms with Gasteiger partial charge in [0.25, 0.3) is 0 Å². The van der Waals surface area contributed by atoms with Crippen LogP contribution in [0.15, 0.2) is 24.5 Å². The molecule has 4 rings (SSSR count). The van der Waals surface area contributed by atoms with E-state index in [4.69, 9.17) is 5.11 Å². The summed E-state index contributed by atoms with van der Waals surface area (Å²) < 4.78 is 0. The lowest BCUT2D eigenvalue weighted by atomic mass is 9.86. The molecule has 1 aromatic carbocycles. The lowest BCUT2D eigenvalue weighted by molar-refractivity contribution is 0.0683. The first-order valence-corrected chi connectivity index (χ1v) is 8.41. The van der Waals surface area contributed by atoms with Crippen molar-refractivity contribution < 1.29 is 9.90 Å². The van der Waals surface area contributed by atoms with Crippen LogP contribution in [-0.4, -0.2) is 21.0 Å². The smallest absolute Gasteiger partial charge is 0.373 e. The van der Waals surface area contributed by atoms with Gasteiger partial charge in [-0.2, -0.15) is 0 Å². The summed E-state index contributed by atoms with van der Waals surface area (Å²) in [7, 11) is 0. The Bertz CT molecular complexity index is 853. The normalized spacial score (nSPS) is 21.8. The quantitative estimate of drug-likeness (QED) is 0.910. The summed E-state index contributed by atoms with van der Waals surface area (Å²) in [4.78, 5) is 18.6. The summed E-state index contributed by atoms with van der Waals surface area (Å²) in [5.41, 5.74) is 7.65.